The molecule has 1 amide bonds. The second kappa shape index (κ2) is 7.47. The first-order valence-electron chi connectivity index (χ1n) is 11.4. The van der Waals surface area contributed by atoms with Crippen LogP contribution in [-0.4, -0.2) is 86.6 Å². The number of nitrogens with zero attached hydrogens (tertiary/aromatic N) is 7. The number of carbonyl (C=O) groups excluding carboxylic acids is 1. The molecule has 2 bridgehead atoms. The second-order valence-electron chi connectivity index (χ2n) is 9.10. The highest BCUT2D eigenvalue weighted by molar-refractivity contribution is 5.79. The molecule has 0 saturated carbocycles. The summed E-state index contributed by atoms with van der Waals surface area (Å²) in [5.74, 6) is 1.78. The Morgan fingerprint density at radius 1 is 1.19 bits per heavy atom. The average molecular weight is 437 g/mol. The van der Waals surface area contributed by atoms with Crippen LogP contribution in [0.4, 0.5) is 11.5 Å². The number of fused-ring (bicyclic) bond motifs is 3. The molecular weight excluding hydrogens is 408 g/mol. The molecule has 0 unspecified atom stereocenters. The molecule has 0 radical (unpaired) electrons. The molecule has 3 aromatic rings. The van der Waals surface area contributed by atoms with Crippen molar-refractivity contribution in [1.82, 2.24) is 29.7 Å². The molecule has 3 atom stereocenters. The standard InChI is InChI=1S/C22H28N8O2/c1-14-11-27(15(2)31)7-8-29(14)19-9-21(28-12-16-3-4-17(13-28)32-16)26-30-20(19)10-23-22(30)18-5-6-24-25-18/h5-6,9-10,14,16-17H,3-4,7-8,11-13H2,1-2H3,(H,24,25)/t14-,16-,17+/m1/s1. The van der Waals surface area contributed by atoms with E-state index in [1.165, 1.54) is 0 Å². The van der Waals surface area contributed by atoms with E-state index in [1.807, 2.05) is 21.7 Å². The maximum atomic E-state index is 11.9. The van der Waals surface area contributed by atoms with Gasteiger partial charge in [-0.3, -0.25) is 9.89 Å². The molecule has 6 rings (SSSR count). The molecule has 3 aliphatic heterocycles. The number of rotatable bonds is 3. The summed E-state index contributed by atoms with van der Waals surface area (Å²) >= 11 is 0. The van der Waals surface area contributed by atoms with E-state index < -0.39 is 0 Å². The predicted molar refractivity (Wildman–Crippen MR) is 120 cm³/mol. The van der Waals surface area contributed by atoms with Crippen LogP contribution in [0.1, 0.15) is 26.7 Å². The van der Waals surface area contributed by atoms with E-state index in [0.29, 0.717) is 13.1 Å². The molecule has 3 aliphatic rings. The third-order valence-electron chi connectivity index (χ3n) is 6.95. The van der Waals surface area contributed by atoms with Crippen LogP contribution in [0.5, 0.6) is 0 Å². The van der Waals surface area contributed by atoms with Crippen LogP contribution in [0.25, 0.3) is 17.0 Å². The number of aromatic nitrogens is 5. The highest BCUT2D eigenvalue weighted by Crippen LogP contribution is 2.34. The lowest BCUT2D eigenvalue weighted by Crippen LogP contribution is -2.53. The molecule has 10 nitrogen and oxygen atoms in total. The number of H-pyrrole nitrogens is 1. The Bertz CT molecular complexity index is 1130. The fourth-order valence-electron chi connectivity index (χ4n) is 5.30. The van der Waals surface area contributed by atoms with Crippen LogP contribution in [0, 0.1) is 0 Å². The van der Waals surface area contributed by atoms with Crippen molar-refractivity contribution in [3.63, 3.8) is 0 Å². The van der Waals surface area contributed by atoms with Crippen molar-refractivity contribution >= 4 is 22.9 Å². The lowest BCUT2D eigenvalue weighted by molar-refractivity contribution is -0.129. The number of carbonyl (C=O) groups is 1. The third kappa shape index (κ3) is 3.21. The Hall–Kier alpha value is -3.14. The Morgan fingerprint density at radius 3 is 2.69 bits per heavy atom. The van der Waals surface area contributed by atoms with E-state index >= 15 is 0 Å². The van der Waals surface area contributed by atoms with E-state index in [2.05, 4.69) is 38.0 Å². The van der Waals surface area contributed by atoms with Gasteiger partial charge in [-0.25, -0.2) is 9.50 Å². The zero-order valence-electron chi connectivity index (χ0n) is 18.4. The van der Waals surface area contributed by atoms with Crippen molar-refractivity contribution in [3.05, 3.63) is 24.5 Å². The molecule has 3 aromatic heterocycles. The van der Waals surface area contributed by atoms with Gasteiger partial charge in [0, 0.05) is 58.0 Å². The number of hydrogen-bond acceptors (Lipinski definition) is 7. The van der Waals surface area contributed by atoms with E-state index in [-0.39, 0.29) is 24.2 Å². The molecule has 168 valence electrons. The lowest BCUT2D eigenvalue weighted by Gasteiger charge is -2.41. The van der Waals surface area contributed by atoms with Crippen LogP contribution >= 0.6 is 0 Å². The number of ether oxygens (including phenoxy) is 1. The van der Waals surface area contributed by atoms with Gasteiger partial charge < -0.3 is 19.4 Å². The first kappa shape index (κ1) is 19.5. The zero-order valence-corrected chi connectivity index (χ0v) is 18.4. The molecule has 6 heterocycles. The van der Waals surface area contributed by atoms with Crippen molar-refractivity contribution < 1.29 is 9.53 Å². The number of piperazine rings is 1. The van der Waals surface area contributed by atoms with E-state index in [0.717, 1.165) is 61.0 Å². The van der Waals surface area contributed by atoms with Gasteiger partial charge in [0.15, 0.2) is 11.6 Å². The number of hydrogen-bond donors (Lipinski definition) is 1. The largest absolute Gasteiger partial charge is 0.371 e. The maximum Gasteiger partial charge on any atom is 0.219 e. The van der Waals surface area contributed by atoms with E-state index in [4.69, 9.17) is 9.84 Å². The molecule has 1 N–H and O–H groups in total. The van der Waals surface area contributed by atoms with Crippen LogP contribution < -0.4 is 9.80 Å². The quantitative estimate of drug-likeness (QED) is 0.666. The summed E-state index contributed by atoms with van der Waals surface area (Å²) in [6, 6.07) is 4.29. The molecule has 0 aliphatic carbocycles. The van der Waals surface area contributed by atoms with Crippen LogP contribution in [0.2, 0.25) is 0 Å². The monoisotopic (exact) mass is 436 g/mol. The summed E-state index contributed by atoms with van der Waals surface area (Å²) in [4.78, 5) is 23.2. The van der Waals surface area contributed by atoms with Crippen molar-refractivity contribution in [2.24, 2.45) is 0 Å². The van der Waals surface area contributed by atoms with Crippen molar-refractivity contribution in [1.29, 1.82) is 0 Å². The van der Waals surface area contributed by atoms with Gasteiger partial charge in [0.1, 0.15) is 11.2 Å². The van der Waals surface area contributed by atoms with Gasteiger partial charge in [-0.05, 0) is 25.8 Å². The van der Waals surface area contributed by atoms with Gasteiger partial charge in [-0.1, -0.05) is 0 Å². The van der Waals surface area contributed by atoms with Gasteiger partial charge in [0.05, 0.1) is 24.1 Å². The van der Waals surface area contributed by atoms with Crippen molar-refractivity contribution in [2.75, 3.05) is 42.5 Å². The number of morpholine rings is 1. The summed E-state index contributed by atoms with van der Waals surface area (Å²) < 4.78 is 7.97. The molecule has 10 heteroatoms. The summed E-state index contributed by atoms with van der Waals surface area (Å²) in [6.45, 7) is 7.73. The van der Waals surface area contributed by atoms with E-state index in [9.17, 15) is 4.79 Å². The fourth-order valence-corrected chi connectivity index (χ4v) is 5.30. The predicted octanol–water partition coefficient (Wildman–Crippen LogP) is 1.54. The first-order chi connectivity index (χ1) is 15.6. The van der Waals surface area contributed by atoms with Gasteiger partial charge >= 0.3 is 0 Å². The fraction of sp³-hybridized carbons (Fsp3) is 0.545. The number of imidazole rings is 1. The normalized spacial score (nSPS) is 25.7. The minimum absolute atomic E-state index is 0.131. The van der Waals surface area contributed by atoms with Crippen molar-refractivity contribution in [2.45, 2.75) is 44.9 Å². The number of aromatic amines is 1. The van der Waals surface area contributed by atoms with Gasteiger partial charge in [0.2, 0.25) is 5.91 Å². The number of nitrogens with one attached hydrogen (secondary N) is 1. The molecule has 3 saturated heterocycles. The molecule has 0 aromatic carbocycles. The Kier molecular flexibility index (Phi) is 4.56. The topological polar surface area (TPSA) is 94.9 Å². The minimum Gasteiger partial charge on any atom is -0.371 e. The minimum atomic E-state index is 0.131. The zero-order chi connectivity index (χ0) is 21.8. The average Bonchev–Trinajstić information content (AvgIpc) is 3.52. The van der Waals surface area contributed by atoms with Gasteiger partial charge in [-0.2, -0.15) is 5.10 Å². The molecule has 32 heavy (non-hydrogen) atoms. The Balaban J connectivity index is 1.44. The van der Waals surface area contributed by atoms with Crippen LogP contribution in [-0.2, 0) is 9.53 Å². The van der Waals surface area contributed by atoms with Crippen molar-refractivity contribution in [3.8, 4) is 11.5 Å². The highest BCUT2D eigenvalue weighted by atomic mass is 16.5. The highest BCUT2D eigenvalue weighted by Gasteiger charge is 2.35. The first-order valence-corrected chi connectivity index (χ1v) is 11.4. The van der Waals surface area contributed by atoms with Crippen LogP contribution in [0.3, 0.4) is 0 Å². The summed E-state index contributed by atoms with van der Waals surface area (Å²) in [5.41, 5.74) is 2.81. The van der Waals surface area contributed by atoms with Gasteiger partial charge in [0.25, 0.3) is 0 Å². The number of amides is 1. The van der Waals surface area contributed by atoms with Crippen LogP contribution in [0.15, 0.2) is 24.5 Å². The summed E-state index contributed by atoms with van der Waals surface area (Å²) in [7, 11) is 0. The summed E-state index contributed by atoms with van der Waals surface area (Å²) in [5, 5.41) is 12.2. The third-order valence-corrected chi connectivity index (χ3v) is 6.95. The Labute approximate surface area is 186 Å². The Morgan fingerprint density at radius 2 is 2.00 bits per heavy atom. The van der Waals surface area contributed by atoms with E-state index in [1.54, 1.807) is 13.1 Å². The lowest BCUT2D eigenvalue weighted by atomic mass is 10.1. The summed E-state index contributed by atoms with van der Waals surface area (Å²) in [6.07, 6.45) is 6.46. The molecule has 3 fully saturated rings. The number of anilines is 2. The maximum absolute atomic E-state index is 11.9. The molecule has 0 spiro atoms. The molecular formula is C22H28N8O2. The smallest absolute Gasteiger partial charge is 0.219 e. The SMILES string of the molecule is CC(=O)N1CCN(c2cc(N3C[C@H]4CC[C@@H](C3)O4)nn3c(-c4cc[nH]n4)ncc23)[C@H](C)C1. The van der Waals surface area contributed by atoms with Gasteiger partial charge in [-0.15, -0.1) is 5.10 Å². The second-order valence-corrected chi connectivity index (χ2v) is 9.10.